The molecule has 0 aliphatic carbocycles. The minimum Gasteiger partial charge on any atom is -0.323 e. The van der Waals surface area contributed by atoms with E-state index in [0.717, 1.165) is 27.1 Å². The number of nitrogens with one attached hydrogen (secondary N) is 1. The number of carbonyl (C=O) groups excluding carboxylic acids is 1. The number of thioether (sulfide) groups is 2. The predicted molar refractivity (Wildman–Crippen MR) is 109 cm³/mol. The van der Waals surface area contributed by atoms with Crippen molar-refractivity contribution >= 4 is 46.5 Å². The highest BCUT2D eigenvalue weighted by Crippen LogP contribution is 2.27. The Balaban J connectivity index is 1.51. The van der Waals surface area contributed by atoms with Gasteiger partial charge in [0.25, 0.3) is 0 Å². The van der Waals surface area contributed by atoms with E-state index in [4.69, 9.17) is 0 Å². The van der Waals surface area contributed by atoms with Gasteiger partial charge in [0, 0.05) is 27.5 Å². The van der Waals surface area contributed by atoms with Crippen molar-refractivity contribution < 1.29 is 4.79 Å². The van der Waals surface area contributed by atoms with Gasteiger partial charge in [-0.05, 0) is 35.7 Å². The van der Waals surface area contributed by atoms with E-state index in [1.165, 1.54) is 4.90 Å². The number of aromatic nitrogens is 1. The van der Waals surface area contributed by atoms with Crippen molar-refractivity contribution in [3.05, 3.63) is 71.1 Å². The predicted octanol–water partition coefficient (Wildman–Crippen LogP) is 5.21. The Labute approximate surface area is 160 Å². The van der Waals surface area contributed by atoms with E-state index in [-0.39, 0.29) is 5.91 Å². The molecular weight excluding hydrogens is 368 g/mol. The number of anilines is 1. The van der Waals surface area contributed by atoms with Gasteiger partial charge in [-0.1, -0.05) is 24.3 Å². The highest BCUT2D eigenvalue weighted by Gasteiger charge is 2.09. The lowest BCUT2D eigenvalue weighted by Gasteiger charge is -2.09. The minimum absolute atomic E-state index is 0.00374. The normalized spacial score (nSPS) is 10.6. The van der Waals surface area contributed by atoms with Crippen LogP contribution in [0.1, 0.15) is 4.88 Å². The van der Waals surface area contributed by atoms with E-state index >= 15 is 0 Å². The summed E-state index contributed by atoms with van der Waals surface area (Å²) in [6.07, 6.45) is 2.17. The van der Waals surface area contributed by atoms with Crippen LogP contribution in [0.4, 0.5) is 5.69 Å². The lowest BCUT2D eigenvalue weighted by Crippen LogP contribution is -2.14. The molecule has 0 bridgehead atoms. The first-order valence-corrected chi connectivity index (χ1v) is 10.7. The molecule has 3 nitrogen and oxygen atoms in total. The van der Waals surface area contributed by atoms with Crippen molar-refractivity contribution in [3.63, 3.8) is 0 Å². The fraction of sp³-hybridized carbons (Fsp3) is 0.158. The molecule has 0 saturated heterocycles. The van der Waals surface area contributed by atoms with Crippen molar-refractivity contribution in [2.45, 2.75) is 16.3 Å². The van der Waals surface area contributed by atoms with Crippen LogP contribution in [0.15, 0.2) is 76.1 Å². The molecule has 2 heterocycles. The Hall–Kier alpha value is -1.76. The quantitative estimate of drug-likeness (QED) is 0.426. The average molecular weight is 387 g/mol. The highest BCUT2D eigenvalue weighted by molar-refractivity contribution is 8.03. The summed E-state index contributed by atoms with van der Waals surface area (Å²) in [5.41, 5.74) is 0.791. The van der Waals surface area contributed by atoms with Gasteiger partial charge in [-0.15, -0.1) is 34.9 Å². The Bertz CT molecular complexity index is 791. The number of rotatable bonds is 8. The number of hydrogen-bond donors (Lipinski definition) is 1. The van der Waals surface area contributed by atoms with Gasteiger partial charge in [0.05, 0.1) is 12.1 Å². The second-order valence-corrected chi connectivity index (χ2v) is 8.45. The zero-order chi connectivity index (χ0) is 17.3. The van der Waals surface area contributed by atoms with Gasteiger partial charge >= 0.3 is 0 Å². The SMILES string of the molecule is O=C(Cc1cccs1)Nc1cccnc1SCCSc1ccccc1. The van der Waals surface area contributed by atoms with Crippen molar-refractivity contribution in [2.75, 3.05) is 16.8 Å². The molecule has 6 heteroatoms. The van der Waals surface area contributed by atoms with Crippen LogP contribution in [0.3, 0.4) is 0 Å². The fourth-order valence-electron chi connectivity index (χ4n) is 2.18. The van der Waals surface area contributed by atoms with Crippen molar-refractivity contribution in [2.24, 2.45) is 0 Å². The molecule has 0 fully saturated rings. The highest BCUT2D eigenvalue weighted by atomic mass is 32.2. The van der Waals surface area contributed by atoms with Crippen LogP contribution in [0.5, 0.6) is 0 Å². The second kappa shape index (κ2) is 9.65. The molecule has 1 N–H and O–H groups in total. The largest absolute Gasteiger partial charge is 0.323 e. The van der Waals surface area contributed by atoms with Gasteiger partial charge in [0.1, 0.15) is 5.03 Å². The van der Waals surface area contributed by atoms with E-state index in [1.54, 1.807) is 29.3 Å². The maximum Gasteiger partial charge on any atom is 0.229 e. The summed E-state index contributed by atoms with van der Waals surface area (Å²) >= 11 is 5.10. The number of thiophene rings is 1. The van der Waals surface area contributed by atoms with Gasteiger partial charge in [-0.2, -0.15) is 0 Å². The standard InChI is InChI=1S/C19H18N2OS3/c22-18(14-16-8-5-11-23-16)21-17-9-4-10-20-19(17)25-13-12-24-15-6-2-1-3-7-15/h1-11H,12-14H2,(H,21,22). The second-order valence-electron chi connectivity index (χ2n) is 5.17. The van der Waals surface area contributed by atoms with Gasteiger partial charge < -0.3 is 5.32 Å². The van der Waals surface area contributed by atoms with Crippen molar-refractivity contribution in [1.82, 2.24) is 4.98 Å². The van der Waals surface area contributed by atoms with Crippen molar-refractivity contribution in [3.8, 4) is 0 Å². The van der Waals surface area contributed by atoms with Gasteiger partial charge in [-0.3, -0.25) is 4.79 Å². The molecule has 0 saturated carbocycles. The molecule has 1 aromatic carbocycles. The fourth-order valence-corrected chi connectivity index (χ4v) is 4.74. The van der Waals surface area contributed by atoms with E-state index in [2.05, 4.69) is 34.6 Å². The lowest BCUT2D eigenvalue weighted by molar-refractivity contribution is -0.115. The Morgan fingerprint density at radius 1 is 1.00 bits per heavy atom. The third-order valence-corrected chi connectivity index (χ3v) is 6.45. The van der Waals surface area contributed by atoms with Crippen LogP contribution in [0, 0.1) is 0 Å². The summed E-state index contributed by atoms with van der Waals surface area (Å²) < 4.78 is 0. The first-order valence-electron chi connectivity index (χ1n) is 7.89. The monoisotopic (exact) mass is 386 g/mol. The zero-order valence-electron chi connectivity index (χ0n) is 13.6. The molecule has 3 aromatic rings. The molecule has 0 atom stereocenters. The lowest BCUT2D eigenvalue weighted by atomic mass is 10.3. The summed E-state index contributed by atoms with van der Waals surface area (Å²) in [4.78, 5) is 19.0. The molecule has 1 amide bonds. The van der Waals surface area contributed by atoms with Gasteiger partial charge in [0.2, 0.25) is 5.91 Å². The number of carbonyl (C=O) groups is 1. The zero-order valence-corrected chi connectivity index (χ0v) is 16.0. The minimum atomic E-state index is -0.00374. The summed E-state index contributed by atoms with van der Waals surface area (Å²) in [7, 11) is 0. The van der Waals surface area contributed by atoms with Gasteiger partial charge in [-0.25, -0.2) is 4.98 Å². The smallest absolute Gasteiger partial charge is 0.229 e. The molecule has 2 aromatic heterocycles. The topological polar surface area (TPSA) is 42.0 Å². The first-order chi connectivity index (χ1) is 12.3. The maximum atomic E-state index is 12.2. The number of pyridine rings is 1. The molecule has 25 heavy (non-hydrogen) atoms. The molecular formula is C19H18N2OS3. The van der Waals surface area contributed by atoms with E-state index in [1.807, 2.05) is 47.5 Å². The third-order valence-electron chi connectivity index (χ3n) is 3.29. The first kappa shape index (κ1) is 18.0. The number of amides is 1. The van der Waals surface area contributed by atoms with Crippen LogP contribution < -0.4 is 5.32 Å². The van der Waals surface area contributed by atoms with Crippen LogP contribution in [0.25, 0.3) is 0 Å². The average Bonchev–Trinajstić information content (AvgIpc) is 3.14. The molecule has 0 spiro atoms. The van der Waals surface area contributed by atoms with Crippen LogP contribution in [-0.2, 0) is 11.2 Å². The summed E-state index contributed by atoms with van der Waals surface area (Å²) in [6, 6.07) is 18.1. The van der Waals surface area contributed by atoms with E-state index < -0.39 is 0 Å². The molecule has 3 rings (SSSR count). The van der Waals surface area contributed by atoms with Crippen molar-refractivity contribution in [1.29, 1.82) is 0 Å². The Morgan fingerprint density at radius 2 is 1.84 bits per heavy atom. The molecule has 0 aliphatic rings. The van der Waals surface area contributed by atoms with E-state index in [0.29, 0.717) is 6.42 Å². The number of nitrogens with zero attached hydrogens (tertiary/aromatic N) is 1. The Kier molecular flexibility index (Phi) is 6.97. The maximum absolute atomic E-state index is 12.2. The third kappa shape index (κ3) is 5.92. The number of benzene rings is 1. The van der Waals surface area contributed by atoms with E-state index in [9.17, 15) is 4.79 Å². The number of hydrogen-bond acceptors (Lipinski definition) is 5. The summed E-state index contributed by atoms with van der Waals surface area (Å²) in [6.45, 7) is 0. The Morgan fingerprint density at radius 3 is 2.64 bits per heavy atom. The molecule has 0 unspecified atom stereocenters. The molecule has 0 radical (unpaired) electrons. The van der Waals surface area contributed by atoms with Crippen LogP contribution in [0.2, 0.25) is 0 Å². The van der Waals surface area contributed by atoms with Crippen LogP contribution >= 0.6 is 34.9 Å². The summed E-state index contributed by atoms with van der Waals surface area (Å²) in [5, 5.41) is 5.84. The molecule has 0 aliphatic heterocycles. The summed E-state index contributed by atoms with van der Waals surface area (Å²) in [5.74, 6) is 1.93. The van der Waals surface area contributed by atoms with Gasteiger partial charge in [0.15, 0.2) is 0 Å². The van der Waals surface area contributed by atoms with Crippen LogP contribution in [-0.4, -0.2) is 22.4 Å². The molecule has 128 valence electrons.